The summed E-state index contributed by atoms with van der Waals surface area (Å²) in [6, 6.07) is 7.18. The van der Waals surface area contributed by atoms with Gasteiger partial charge in [-0.1, -0.05) is 19.9 Å². The maximum Gasteiger partial charge on any atom is 0.270 e. The van der Waals surface area contributed by atoms with Gasteiger partial charge in [-0.3, -0.25) is 9.78 Å². The van der Waals surface area contributed by atoms with E-state index >= 15 is 0 Å². The number of carbonyl (C=O) groups is 1. The molecule has 2 aromatic heterocycles. The number of carbonyl (C=O) groups excluding carboxylic acids is 1. The normalized spacial score (nSPS) is 10.5. The lowest BCUT2D eigenvalue weighted by atomic mass is 10.1. The van der Waals surface area contributed by atoms with Crippen molar-refractivity contribution in [3.8, 4) is 0 Å². The molecule has 22 heavy (non-hydrogen) atoms. The van der Waals surface area contributed by atoms with Gasteiger partial charge in [-0.15, -0.1) is 0 Å². The minimum Gasteiger partial charge on any atom is -0.354 e. The van der Waals surface area contributed by atoms with Crippen LogP contribution in [0.25, 0.3) is 0 Å². The number of hydrogen-bond acceptors (Lipinski definition) is 5. The first kappa shape index (κ1) is 15.9. The number of hydrogen-bond donors (Lipinski definition) is 2. The minimum absolute atomic E-state index is 0.236. The van der Waals surface area contributed by atoms with Crippen molar-refractivity contribution in [1.29, 1.82) is 0 Å². The molecule has 0 atom stereocenters. The second-order valence-corrected chi connectivity index (χ2v) is 5.38. The molecule has 0 radical (unpaired) electrons. The Morgan fingerprint density at radius 1 is 1.18 bits per heavy atom. The minimum atomic E-state index is -0.236. The molecule has 116 valence electrons. The van der Waals surface area contributed by atoms with Gasteiger partial charge in [0.25, 0.3) is 5.91 Å². The number of aromatic nitrogens is 3. The first-order valence-corrected chi connectivity index (χ1v) is 7.40. The molecule has 0 unspecified atom stereocenters. The zero-order valence-electron chi connectivity index (χ0n) is 12.9. The molecule has 0 spiro atoms. The Kier molecular flexibility index (Phi) is 5.82. The summed E-state index contributed by atoms with van der Waals surface area (Å²) >= 11 is 0. The standard InChI is InChI=1S/C16H21N5O/c1-12(2)6-9-18-16-19-10-7-14(21-16)15(22)20-11-13-5-3-4-8-17-13/h3-5,7-8,10,12H,6,9,11H2,1-2H3,(H,20,22)(H,18,19,21). The van der Waals surface area contributed by atoms with E-state index in [1.54, 1.807) is 18.5 Å². The zero-order chi connectivity index (χ0) is 15.8. The van der Waals surface area contributed by atoms with Gasteiger partial charge in [0.05, 0.1) is 12.2 Å². The van der Waals surface area contributed by atoms with Crippen LogP contribution in [0, 0.1) is 5.92 Å². The van der Waals surface area contributed by atoms with E-state index < -0.39 is 0 Å². The highest BCUT2D eigenvalue weighted by molar-refractivity contribution is 5.92. The van der Waals surface area contributed by atoms with Gasteiger partial charge in [0.1, 0.15) is 5.69 Å². The Morgan fingerprint density at radius 3 is 2.77 bits per heavy atom. The Bertz CT molecular complexity index is 600. The van der Waals surface area contributed by atoms with Crippen LogP contribution in [0.4, 0.5) is 5.95 Å². The number of nitrogens with zero attached hydrogens (tertiary/aromatic N) is 3. The van der Waals surface area contributed by atoms with Crippen LogP contribution in [0.2, 0.25) is 0 Å². The van der Waals surface area contributed by atoms with E-state index in [4.69, 9.17) is 0 Å². The highest BCUT2D eigenvalue weighted by Crippen LogP contribution is 2.04. The molecule has 0 saturated carbocycles. The van der Waals surface area contributed by atoms with Crippen LogP contribution >= 0.6 is 0 Å². The van der Waals surface area contributed by atoms with E-state index in [1.165, 1.54) is 0 Å². The molecule has 6 nitrogen and oxygen atoms in total. The van der Waals surface area contributed by atoms with Gasteiger partial charge in [0, 0.05) is 18.9 Å². The predicted molar refractivity (Wildman–Crippen MR) is 85.4 cm³/mol. The monoisotopic (exact) mass is 299 g/mol. The van der Waals surface area contributed by atoms with Gasteiger partial charge >= 0.3 is 0 Å². The quantitative estimate of drug-likeness (QED) is 0.819. The Hall–Kier alpha value is -2.50. The number of pyridine rings is 1. The molecule has 2 N–H and O–H groups in total. The lowest BCUT2D eigenvalue weighted by Crippen LogP contribution is -2.24. The van der Waals surface area contributed by atoms with E-state index in [0.717, 1.165) is 18.7 Å². The molecular weight excluding hydrogens is 278 g/mol. The number of nitrogens with one attached hydrogen (secondary N) is 2. The smallest absolute Gasteiger partial charge is 0.270 e. The predicted octanol–water partition coefficient (Wildman–Crippen LogP) is 2.26. The van der Waals surface area contributed by atoms with Crippen molar-refractivity contribution < 1.29 is 4.79 Å². The van der Waals surface area contributed by atoms with E-state index in [1.807, 2.05) is 18.2 Å². The van der Waals surface area contributed by atoms with E-state index in [-0.39, 0.29) is 5.91 Å². The molecule has 6 heteroatoms. The first-order chi connectivity index (χ1) is 10.6. The maximum absolute atomic E-state index is 12.1. The third kappa shape index (κ3) is 5.12. The van der Waals surface area contributed by atoms with Gasteiger partial charge in [0.15, 0.2) is 0 Å². The summed E-state index contributed by atoms with van der Waals surface area (Å²) in [7, 11) is 0. The van der Waals surface area contributed by atoms with Crippen LogP contribution in [0.1, 0.15) is 36.5 Å². The SMILES string of the molecule is CC(C)CCNc1nccc(C(=O)NCc2ccccn2)n1. The van der Waals surface area contributed by atoms with Crippen LogP contribution in [0.5, 0.6) is 0 Å². The molecular formula is C16H21N5O. The van der Waals surface area contributed by atoms with Gasteiger partial charge in [0.2, 0.25) is 5.95 Å². The van der Waals surface area contributed by atoms with Crippen LogP contribution in [0.15, 0.2) is 36.7 Å². The molecule has 0 aliphatic heterocycles. The third-order valence-electron chi connectivity index (χ3n) is 3.05. The fourth-order valence-electron chi connectivity index (χ4n) is 1.81. The van der Waals surface area contributed by atoms with Crippen molar-refractivity contribution in [2.45, 2.75) is 26.8 Å². The summed E-state index contributed by atoms with van der Waals surface area (Å²) in [4.78, 5) is 24.6. The van der Waals surface area contributed by atoms with Crippen LogP contribution < -0.4 is 10.6 Å². The fraction of sp³-hybridized carbons (Fsp3) is 0.375. The highest BCUT2D eigenvalue weighted by atomic mass is 16.1. The Morgan fingerprint density at radius 2 is 2.05 bits per heavy atom. The second kappa shape index (κ2) is 8.07. The topological polar surface area (TPSA) is 79.8 Å². The molecule has 0 aliphatic carbocycles. The molecule has 0 aromatic carbocycles. The van der Waals surface area contributed by atoms with Crippen LogP contribution in [-0.2, 0) is 6.54 Å². The average molecular weight is 299 g/mol. The zero-order valence-corrected chi connectivity index (χ0v) is 12.9. The van der Waals surface area contributed by atoms with Crippen molar-refractivity contribution in [2.24, 2.45) is 5.92 Å². The summed E-state index contributed by atoms with van der Waals surface area (Å²) in [5.41, 5.74) is 1.15. The average Bonchev–Trinajstić information content (AvgIpc) is 2.53. The molecule has 0 bridgehead atoms. The highest BCUT2D eigenvalue weighted by Gasteiger charge is 2.08. The maximum atomic E-state index is 12.1. The first-order valence-electron chi connectivity index (χ1n) is 7.40. The lowest BCUT2D eigenvalue weighted by Gasteiger charge is -2.08. The summed E-state index contributed by atoms with van der Waals surface area (Å²) in [5, 5.41) is 5.93. The summed E-state index contributed by atoms with van der Waals surface area (Å²) in [6.07, 6.45) is 4.31. The fourth-order valence-corrected chi connectivity index (χ4v) is 1.81. The molecule has 2 heterocycles. The summed E-state index contributed by atoms with van der Waals surface area (Å²) in [6.45, 7) is 5.48. The van der Waals surface area contributed by atoms with Gasteiger partial charge in [-0.25, -0.2) is 9.97 Å². The van der Waals surface area contributed by atoms with E-state index in [2.05, 4.69) is 39.4 Å². The van der Waals surface area contributed by atoms with Crippen molar-refractivity contribution in [3.63, 3.8) is 0 Å². The van der Waals surface area contributed by atoms with Gasteiger partial charge in [-0.2, -0.15) is 0 Å². The lowest BCUT2D eigenvalue weighted by molar-refractivity contribution is 0.0945. The van der Waals surface area contributed by atoms with E-state index in [0.29, 0.717) is 24.1 Å². The van der Waals surface area contributed by atoms with Crippen molar-refractivity contribution in [3.05, 3.63) is 48.0 Å². The van der Waals surface area contributed by atoms with E-state index in [9.17, 15) is 4.79 Å². The third-order valence-corrected chi connectivity index (χ3v) is 3.05. The largest absolute Gasteiger partial charge is 0.354 e. The summed E-state index contributed by atoms with van der Waals surface area (Å²) < 4.78 is 0. The van der Waals surface area contributed by atoms with Gasteiger partial charge < -0.3 is 10.6 Å². The van der Waals surface area contributed by atoms with Crippen molar-refractivity contribution in [1.82, 2.24) is 20.3 Å². The molecule has 0 aliphatic rings. The Balaban J connectivity index is 1.89. The second-order valence-electron chi connectivity index (χ2n) is 5.38. The van der Waals surface area contributed by atoms with Crippen LogP contribution in [-0.4, -0.2) is 27.4 Å². The number of anilines is 1. The van der Waals surface area contributed by atoms with Crippen LogP contribution in [0.3, 0.4) is 0 Å². The van der Waals surface area contributed by atoms with Crippen molar-refractivity contribution in [2.75, 3.05) is 11.9 Å². The number of amides is 1. The summed E-state index contributed by atoms with van der Waals surface area (Å²) in [5.74, 6) is 0.850. The number of rotatable bonds is 7. The molecule has 0 fully saturated rings. The Labute approximate surface area is 130 Å². The van der Waals surface area contributed by atoms with Crippen molar-refractivity contribution >= 4 is 11.9 Å². The van der Waals surface area contributed by atoms with Gasteiger partial charge in [-0.05, 0) is 30.5 Å². The molecule has 2 rings (SSSR count). The molecule has 1 amide bonds. The molecule has 0 saturated heterocycles. The molecule has 2 aromatic rings.